The van der Waals surface area contributed by atoms with Gasteiger partial charge in [-0.3, -0.25) is 4.90 Å². The predicted molar refractivity (Wildman–Crippen MR) is 104 cm³/mol. The topological polar surface area (TPSA) is 40.6 Å². The van der Waals surface area contributed by atoms with Gasteiger partial charge in [-0.05, 0) is 56.2 Å². The van der Waals surface area contributed by atoms with E-state index in [9.17, 15) is 8.42 Å². The molecule has 1 aromatic rings. The summed E-state index contributed by atoms with van der Waals surface area (Å²) in [5, 5.41) is 0. The van der Waals surface area contributed by atoms with Crippen molar-refractivity contribution in [2.24, 2.45) is 11.8 Å². The minimum atomic E-state index is -3.00. The molecule has 0 spiro atoms. The highest BCUT2D eigenvalue weighted by atomic mass is 32.2. The summed E-state index contributed by atoms with van der Waals surface area (Å²) in [6.45, 7) is 4.77. The maximum atomic E-state index is 11.6. The molecular formula is C20H30N2O2S. The molecule has 3 rings (SSSR count). The van der Waals surface area contributed by atoms with Crippen LogP contribution in [-0.2, 0) is 10.0 Å². The van der Waals surface area contributed by atoms with E-state index in [4.69, 9.17) is 0 Å². The minimum absolute atomic E-state index is 0.708. The van der Waals surface area contributed by atoms with Gasteiger partial charge >= 0.3 is 0 Å². The second-order valence-corrected chi connectivity index (χ2v) is 9.43. The molecule has 2 heterocycles. The van der Waals surface area contributed by atoms with Crippen LogP contribution in [0.15, 0.2) is 36.4 Å². The smallest absolute Gasteiger partial charge is 0.211 e. The molecule has 138 valence electrons. The number of hydrogen-bond acceptors (Lipinski definition) is 3. The van der Waals surface area contributed by atoms with Gasteiger partial charge in [0.2, 0.25) is 10.0 Å². The summed E-state index contributed by atoms with van der Waals surface area (Å²) in [5.74, 6) is 1.48. The van der Waals surface area contributed by atoms with Gasteiger partial charge in [0, 0.05) is 19.6 Å². The van der Waals surface area contributed by atoms with Gasteiger partial charge in [-0.1, -0.05) is 42.5 Å². The highest BCUT2D eigenvalue weighted by Crippen LogP contribution is 2.32. The Labute approximate surface area is 152 Å². The maximum absolute atomic E-state index is 11.6. The summed E-state index contributed by atoms with van der Waals surface area (Å²) < 4.78 is 24.9. The average molecular weight is 363 g/mol. The highest BCUT2D eigenvalue weighted by molar-refractivity contribution is 7.88. The molecule has 0 amide bonds. The van der Waals surface area contributed by atoms with Gasteiger partial charge in [0.25, 0.3) is 0 Å². The van der Waals surface area contributed by atoms with Gasteiger partial charge in [0.05, 0.1) is 6.26 Å². The van der Waals surface area contributed by atoms with Crippen LogP contribution in [0.5, 0.6) is 0 Å². The molecule has 0 unspecified atom stereocenters. The first-order chi connectivity index (χ1) is 12.0. The first-order valence-electron chi connectivity index (χ1n) is 9.41. The quantitative estimate of drug-likeness (QED) is 0.808. The SMILES string of the molecule is CS(=O)(=O)N1CCC(C2CCN(C/C=C/c3ccccc3)CC2)CC1. The molecule has 0 N–H and O–H groups in total. The van der Waals surface area contributed by atoms with E-state index >= 15 is 0 Å². The Bertz CT molecular complexity index is 656. The lowest BCUT2D eigenvalue weighted by Gasteiger charge is -2.39. The van der Waals surface area contributed by atoms with Crippen molar-refractivity contribution >= 4 is 16.1 Å². The third-order valence-electron chi connectivity index (χ3n) is 5.74. The van der Waals surface area contributed by atoms with E-state index in [1.165, 1.54) is 24.7 Å². The maximum Gasteiger partial charge on any atom is 0.211 e. The summed E-state index contributed by atoms with van der Waals surface area (Å²) in [5.41, 5.74) is 1.26. The third-order valence-corrected chi connectivity index (χ3v) is 7.04. The van der Waals surface area contributed by atoms with Gasteiger partial charge in [-0.15, -0.1) is 0 Å². The highest BCUT2D eigenvalue weighted by Gasteiger charge is 2.31. The molecule has 2 saturated heterocycles. The second kappa shape index (κ2) is 8.47. The lowest BCUT2D eigenvalue weighted by Crippen LogP contribution is -2.42. The largest absolute Gasteiger partial charge is 0.300 e. The zero-order valence-electron chi connectivity index (χ0n) is 15.2. The van der Waals surface area contributed by atoms with Gasteiger partial charge in [0.15, 0.2) is 0 Å². The van der Waals surface area contributed by atoms with E-state index in [0.717, 1.165) is 38.4 Å². The standard InChI is InChI=1S/C20H30N2O2S/c1-25(23,24)22-16-11-20(12-17-22)19-9-14-21(15-10-19)13-5-8-18-6-3-2-4-7-18/h2-8,19-20H,9-17H2,1H3/b8-5+. The molecule has 0 saturated carbocycles. The molecule has 0 aliphatic carbocycles. The number of benzene rings is 1. The summed E-state index contributed by atoms with van der Waals surface area (Å²) >= 11 is 0. The summed E-state index contributed by atoms with van der Waals surface area (Å²) in [4.78, 5) is 2.53. The van der Waals surface area contributed by atoms with Crippen molar-refractivity contribution in [2.45, 2.75) is 25.7 Å². The van der Waals surface area contributed by atoms with Crippen molar-refractivity contribution in [3.63, 3.8) is 0 Å². The fourth-order valence-corrected chi connectivity index (χ4v) is 5.06. The Morgan fingerprint density at radius 2 is 1.52 bits per heavy atom. The van der Waals surface area contributed by atoms with E-state index < -0.39 is 10.0 Å². The van der Waals surface area contributed by atoms with Crippen LogP contribution in [0.3, 0.4) is 0 Å². The van der Waals surface area contributed by atoms with Crippen LogP contribution in [0.2, 0.25) is 0 Å². The van der Waals surface area contributed by atoms with Crippen molar-refractivity contribution in [3.05, 3.63) is 42.0 Å². The Kier molecular flexibility index (Phi) is 6.31. The number of rotatable bonds is 5. The van der Waals surface area contributed by atoms with Crippen molar-refractivity contribution in [2.75, 3.05) is 39.0 Å². The van der Waals surface area contributed by atoms with Crippen LogP contribution in [0.1, 0.15) is 31.2 Å². The summed E-state index contributed by atoms with van der Waals surface area (Å²) in [6.07, 6.45) is 10.4. The molecule has 2 fully saturated rings. The molecule has 0 atom stereocenters. The van der Waals surface area contributed by atoms with Crippen molar-refractivity contribution in [3.8, 4) is 0 Å². The molecule has 1 aromatic carbocycles. The fraction of sp³-hybridized carbons (Fsp3) is 0.600. The van der Waals surface area contributed by atoms with Crippen molar-refractivity contribution in [1.29, 1.82) is 0 Å². The van der Waals surface area contributed by atoms with Gasteiger partial charge < -0.3 is 0 Å². The zero-order valence-corrected chi connectivity index (χ0v) is 16.0. The van der Waals surface area contributed by atoms with Crippen LogP contribution in [0.25, 0.3) is 6.08 Å². The van der Waals surface area contributed by atoms with E-state index in [2.05, 4.69) is 41.3 Å². The molecule has 5 heteroatoms. The number of nitrogens with zero attached hydrogens (tertiary/aromatic N) is 2. The second-order valence-electron chi connectivity index (χ2n) is 7.45. The van der Waals surface area contributed by atoms with E-state index in [1.54, 1.807) is 4.31 Å². The van der Waals surface area contributed by atoms with Crippen LogP contribution < -0.4 is 0 Å². The minimum Gasteiger partial charge on any atom is -0.300 e. The number of piperidine rings is 2. The lowest BCUT2D eigenvalue weighted by molar-refractivity contribution is 0.125. The van der Waals surface area contributed by atoms with Crippen molar-refractivity contribution < 1.29 is 8.42 Å². The molecular weight excluding hydrogens is 332 g/mol. The summed E-state index contributed by atoms with van der Waals surface area (Å²) in [7, 11) is -3.00. The van der Waals surface area contributed by atoms with Crippen LogP contribution in [0.4, 0.5) is 0 Å². The molecule has 25 heavy (non-hydrogen) atoms. The fourth-order valence-electron chi connectivity index (χ4n) is 4.19. The predicted octanol–water partition coefficient (Wildman–Crippen LogP) is 3.08. The molecule has 0 radical (unpaired) electrons. The molecule has 0 aromatic heterocycles. The van der Waals surface area contributed by atoms with Crippen LogP contribution in [0, 0.1) is 11.8 Å². The summed E-state index contributed by atoms with van der Waals surface area (Å²) in [6, 6.07) is 10.4. The Hall–Kier alpha value is -1.17. The van der Waals surface area contributed by atoms with Crippen LogP contribution in [-0.4, -0.2) is 56.6 Å². The first-order valence-corrected chi connectivity index (χ1v) is 11.3. The molecule has 2 aliphatic rings. The van der Waals surface area contributed by atoms with Crippen molar-refractivity contribution in [1.82, 2.24) is 9.21 Å². The van der Waals surface area contributed by atoms with Crippen LogP contribution >= 0.6 is 0 Å². The lowest BCUT2D eigenvalue weighted by atomic mass is 9.79. The zero-order chi connectivity index (χ0) is 17.7. The van der Waals surface area contributed by atoms with E-state index in [-0.39, 0.29) is 0 Å². The Morgan fingerprint density at radius 1 is 0.960 bits per heavy atom. The molecule has 4 nitrogen and oxygen atoms in total. The van der Waals surface area contributed by atoms with Gasteiger partial charge in [-0.25, -0.2) is 12.7 Å². The third kappa shape index (κ3) is 5.40. The Morgan fingerprint density at radius 3 is 2.08 bits per heavy atom. The first kappa shape index (κ1) is 18.6. The molecule has 0 bridgehead atoms. The normalized spacial score (nSPS) is 22.6. The Balaban J connectivity index is 1.40. The van der Waals surface area contributed by atoms with E-state index in [1.807, 2.05) is 6.07 Å². The van der Waals surface area contributed by atoms with Gasteiger partial charge in [-0.2, -0.15) is 0 Å². The number of likely N-dealkylation sites (tertiary alicyclic amines) is 1. The molecule has 2 aliphatic heterocycles. The number of sulfonamides is 1. The number of hydrogen-bond donors (Lipinski definition) is 0. The van der Waals surface area contributed by atoms with Gasteiger partial charge in [0.1, 0.15) is 0 Å². The average Bonchev–Trinajstić information content (AvgIpc) is 2.63. The monoisotopic (exact) mass is 362 g/mol. The van der Waals surface area contributed by atoms with E-state index in [0.29, 0.717) is 19.0 Å².